The van der Waals surface area contributed by atoms with Gasteiger partial charge < -0.3 is 0 Å². The van der Waals surface area contributed by atoms with Gasteiger partial charge in [-0.25, -0.2) is 0 Å². The Hall–Kier alpha value is -1.08. The number of aryl methyl sites for hydroxylation is 1. The van der Waals surface area contributed by atoms with Crippen LogP contribution < -0.4 is 9.44 Å². The van der Waals surface area contributed by atoms with Crippen LogP contribution in [0.5, 0.6) is 0 Å². The van der Waals surface area contributed by atoms with E-state index in [1.807, 2.05) is 6.92 Å². The van der Waals surface area contributed by atoms with Gasteiger partial charge in [-0.15, -0.1) is 0 Å². The molecule has 0 aliphatic heterocycles. The quantitative estimate of drug-likeness (QED) is 0.679. The van der Waals surface area contributed by atoms with Crippen LogP contribution in [0.3, 0.4) is 0 Å². The lowest BCUT2D eigenvalue weighted by molar-refractivity contribution is 0.589. The largest absolute Gasteiger partial charge is 0.300 e. The smallest absolute Gasteiger partial charge is 0.280 e. The molecule has 0 unspecified atom stereocenters. The third-order valence-electron chi connectivity index (χ3n) is 1.82. The molecule has 0 saturated carbocycles. The molecule has 0 radical (unpaired) electrons. The summed E-state index contributed by atoms with van der Waals surface area (Å²) in [7, 11) is -3.48. The van der Waals surface area contributed by atoms with E-state index in [0.717, 1.165) is 11.3 Å². The first-order valence-electron chi connectivity index (χ1n) is 4.25. The molecule has 0 spiro atoms. The number of hydrogen-bond acceptors (Lipinski definition) is 3. The highest BCUT2D eigenvalue weighted by molar-refractivity contribution is 7.90. The highest BCUT2D eigenvalue weighted by atomic mass is 32.2. The van der Waals surface area contributed by atoms with Crippen LogP contribution >= 0.6 is 0 Å². The molecular weight excluding hydrogens is 204 g/mol. The van der Waals surface area contributed by atoms with E-state index < -0.39 is 10.2 Å². The summed E-state index contributed by atoms with van der Waals surface area (Å²) in [4.78, 5) is 0. The van der Waals surface area contributed by atoms with Crippen LogP contribution in [0.25, 0.3) is 0 Å². The van der Waals surface area contributed by atoms with Crippen molar-refractivity contribution in [3.05, 3.63) is 11.3 Å². The Kier molecular flexibility index (Phi) is 3.12. The maximum absolute atomic E-state index is 11.3. The Morgan fingerprint density at radius 3 is 2.50 bits per heavy atom. The maximum Gasteiger partial charge on any atom is 0.300 e. The second-order valence-corrected chi connectivity index (χ2v) is 4.43. The van der Waals surface area contributed by atoms with Crippen molar-refractivity contribution in [1.82, 2.24) is 14.9 Å². The molecule has 7 heteroatoms. The van der Waals surface area contributed by atoms with E-state index in [2.05, 4.69) is 19.6 Å². The maximum atomic E-state index is 11.3. The van der Waals surface area contributed by atoms with Crippen LogP contribution in [0.2, 0.25) is 0 Å². The summed E-state index contributed by atoms with van der Waals surface area (Å²) in [5, 5.41) is 6.52. The lowest BCUT2D eigenvalue weighted by Gasteiger charge is -2.05. The van der Waals surface area contributed by atoms with Crippen molar-refractivity contribution in [3.63, 3.8) is 0 Å². The van der Waals surface area contributed by atoms with Gasteiger partial charge in [0.1, 0.15) is 0 Å². The van der Waals surface area contributed by atoms with Crippen molar-refractivity contribution in [1.29, 1.82) is 0 Å². The standard InChI is InChI=1S/C7H14N4O2S/c1-4-8-14(12,13)11-7-5(2)6(3)9-10-7/h8H,4H2,1-3H3,(H2,9,10,11). The average Bonchev–Trinajstić information content (AvgIpc) is 2.35. The summed E-state index contributed by atoms with van der Waals surface area (Å²) < 4.78 is 27.2. The molecule has 14 heavy (non-hydrogen) atoms. The molecule has 1 aromatic rings. The Morgan fingerprint density at radius 1 is 1.43 bits per heavy atom. The zero-order valence-corrected chi connectivity index (χ0v) is 9.20. The summed E-state index contributed by atoms with van der Waals surface area (Å²) in [5.41, 5.74) is 1.64. The number of anilines is 1. The van der Waals surface area contributed by atoms with Crippen molar-refractivity contribution in [2.24, 2.45) is 0 Å². The van der Waals surface area contributed by atoms with E-state index in [1.165, 1.54) is 0 Å². The van der Waals surface area contributed by atoms with Gasteiger partial charge >= 0.3 is 0 Å². The molecule has 0 fully saturated rings. The number of aromatic nitrogens is 2. The third-order valence-corrected chi connectivity index (χ3v) is 2.95. The number of hydrogen-bond donors (Lipinski definition) is 3. The minimum absolute atomic E-state index is 0.337. The monoisotopic (exact) mass is 218 g/mol. The normalized spacial score (nSPS) is 11.6. The number of H-pyrrole nitrogens is 1. The first-order chi connectivity index (χ1) is 6.46. The van der Waals surface area contributed by atoms with Gasteiger partial charge in [0, 0.05) is 17.8 Å². The number of nitrogens with zero attached hydrogens (tertiary/aromatic N) is 1. The molecule has 0 bridgehead atoms. The first kappa shape index (κ1) is 11.0. The lowest BCUT2D eigenvalue weighted by atomic mass is 10.3. The van der Waals surface area contributed by atoms with Crippen molar-refractivity contribution >= 4 is 16.0 Å². The van der Waals surface area contributed by atoms with Crippen LogP contribution in [-0.2, 0) is 10.2 Å². The number of aromatic amines is 1. The zero-order valence-electron chi connectivity index (χ0n) is 8.38. The number of nitrogens with one attached hydrogen (secondary N) is 3. The predicted molar refractivity (Wildman–Crippen MR) is 54.3 cm³/mol. The summed E-state index contributed by atoms with van der Waals surface area (Å²) in [6.07, 6.45) is 0. The SMILES string of the molecule is CCNS(=O)(=O)Nc1n[nH]c(C)c1C. The molecule has 0 aliphatic rings. The molecule has 0 atom stereocenters. The molecule has 80 valence electrons. The van der Waals surface area contributed by atoms with Gasteiger partial charge in [-0.3, -0.25) is 9.82 Å². The minimum Gasteiger partial charge on any atom is -0.280 e. The second kappa shape index (κ2) is 3.97. The van der Waals surface area contributed by atoms with Crippen molar-refractivity contribution in [3.8, 4) is 0 Å². The van der Waals surface area contributed by atoms with Gasteiger partial charge in [0.2, 0.25) is 0 Å². The van der Waals surface area contributed by atoms with E-state index in [4.69, 9.17) is 0 Å². The van der Waals surface area contributed by atoms with Gasteiger partial charge in [-0.1, -0.05) is 6.92 Å². The molecule has 6 nitrogen and oxygen atoms in total. The van der Waals surface area contributed by atoms with Crippen LogP contribution in [0.1, 0.15) is 18.2 Å². The molecule has 0 saturated heterocycles. The van der Waals surface area contributed by atoms with Crippen LogP contribution in [0, 0.1) is 13.8 Å². The third kappa shape index (κ3) is 2.46. The van der Waals surface area contributed by atoms with E-state index in [-0.39, 0.29) is 0 Å². The van der Waals surface area contributed by atoms with E-state index >= 15 is 0 Å². The molecule has 0 amide bonds. The fraction of sp³-hybridized carbons (Fsp3) is 0.571. The lowest BCUT2D eigenvalue weighted by Crippen LogP contribution is -2.30. The highest BCUT2D eigenvalue weighted by Gasteiger charge is 2.12. The van der Waals surface area contributed by atoms with E-state index in [0.29, 0.717) is 12.4 Å². The number of rotatable bonds is 4. The summed E-state index contributed by atoms with van der Waals surface area (Å²) in [6.45, 7) is 5.68. The topological polar surface area (TPSA) is 86.9 Å². The molecule has 0 aliphatic carbocycles. The minimum atomic E-state index is -3.48. The summed E-state index contributed by atoms with van der Waals surface area (Å²) >= 11 is 0. The molecule has 1 heterocycles. The predicted octanol–water partition coefficient (Wildman–Crippen LogP) is 0.293. The molecule has 1 rings (SSSR count). The van der Waals surface area contributed by atoms with Gasteiger partial charge in [-0.05, 0) is 13.8 Å². The average molecular weight is 218 g/mol. The van der Waals surface area contributed by atoms with Crippen LogP contribution in [0.15, 0.2) is 0 Å². The Labute approximate surface area is 83.3 Å². The molecule has 3 N–H and O–H groups in total. The fourth-order valence-corrected chi connectivity index (χ4v) is 1.84. The van der Waals surface area contributed by atoms with E-state index in [1.54, 1.807) is 13.8 Å². The fourth-order valence-electron chi connectivity index (χ4n) is 0.938. The molecular formula is C7H14N4O2S. The first-order valence-corrected chi connectivity index (χ1v) is 5.73. The van der Waals surface area contributed by atoms with Crippen molar-refractivity contribution in [2.45, 2.75) is 20.8 Å². The molecule has 0 aromatic carbocycles. The van der Waals surface area contributed by atoms with Gasteiger partial charge in [-0.2, -0.15) is 18.2 Å². The highest BCUT2D eigenvalue weighted by Crippen LogP contribution is 2.14. The van der Waals surface area contributed by atoms with Crippen molar-refractivity contribution in [2.75, 3.05) is 11.3 Å². The summed E-state index contributed by atoms with van der Waals surface area (Å²) in [6, 6.07) is 0. The van der Waals surface area contributed by atoms with E-state index in [9.17, 15) is 8.42 Å². The Balaban J connectivity index is 2.84. The van der Waals surface area contributed by atoms with Gasteiger partial charge in [0.15, 0.2) is 5.82 Å². The van der Waals surface area contributed by atoms with Gasteiger partial charge in [0.05, 0.1) is 0 Å². The zero-order chi connectivity index (χ0) is 10.8. The van der Waals surface area contributed by atoms with Crippen LogP contribution in [-0.4, -0.2) is 25.2 Å². The van der Waals surface area contributed by atoms with Crippen LogP contribution in [0.4, 0.5) is 5.82 Å². The molecule has 1 aromatic heterocycles. The Bertz CT molecular complexity index is 409. The summed E-state index contributed by atoms with van der Waals surface area (Å²) in [5.74, 6) is 0.337. The van der Waals surface area contributed by atoms with Crippen molar-refractivity contribution < 1.29 is 8.42 Å². The second-order valence-electron chi connectivity index (χ2n) is 2.93. The van der Waals surface area contributed by atoms with Gasteiger partial charge in [0.25, 0.3) is 10.2 Å². The Morgan fingerprint density at radius 2 is 2.07 bits per heavy atom.